The smallest absolute Gasteiger partial charge is 0.268 e. The van der Waals surface area contributed by atoms with Crippen LogP contribution in [0.2, 0.25) is 0 Å². The maximum absolute atomic E-state index is 12.1. The first kappa shape index (κ1) is 12.2. The molecule has 0 bridgehead atoms. The summed E-state index contributed by atoms with van der Waals surface area (Å²) in [7, 11) is 0. The number of ether oxygens (including phenoxy) is 1. The number of aromatic amines is 1. The zero-order valence-corrected chi connectivity index (χ0v) is 10.4. The van der Waals surface area contributed by atoms with Crippen molar-refractivity contribution in [3.05, 3.63) is 36.0 Å². The van der Waals surface area contributed by atoms with Crippen LogP contribution < -0.4 is 5.32 Å². The van der Waals surface area contributed by atoms with Crippen LogP contribution >= 0.6 is 0 Å². The van der Waals surface area contributed by atoms with Gasteiger partial charge >= 0.3 is 0 Å². The van der Waals surface area contributed by atoms with Crippen LogP contribution in [-0.4, -0.2) is 41.4 Å². The van der Waals surface area contributed by atoms with Crippen LogP contribution in [0.5, 0.6) is 0 Å². The first-order chi connectivity index (χ1) is 9.24. The Bertz CT molecular complexity index is 560. The highest BCUT2D eigenvalue weighted by Gasteiger charge is 2.25. The van der Waals surface area contributed by atoms with Crippen LogP contribution in [0, 0.1) is 0 Å². The highest BCUT2D eigenvalue weighted by atomic mass is 16.5. The van der Waals surface area contributed by atoms with Crippen molar-refractivity contribution in [1.82, 2.24) is 10.3 Å². The minimum atomic E-state index is -0.637. The third kappa shape index (κ3) is 2.47. The summed E-state index contributed by atoms with van der Waals surface area (Å²) in [5.41, 5.74) is 1.44. The van der Waals surface area contributed by atoms with Gasteiger partial charge in [-0.1, -0.05) is 18.2 Å². The van der Waals surface area contributed by atoms with E-state index in [1.807, 2.05) is 30.3 Å². The van der Waals surface area contributed by atoms with Crippen molar-refractivity contribution < 1.29 is 14.6 Å². The molecule has 0 saturated carbocycles. The zero-order valence-electron chi connectivity index (χ0n) is 10.4. The predicted octanol–water partition coefficient (Wildman–Crippen LogP) is 1.05. The second-order valence-corrected chi connectivity index (χ2v) is 4.78. The summed E-state index contributed by atoms with van der Waals surface area (Å²) in [6, 6.07) is 9.30. The lowest BCUT2D eigenvalue weighted by Crippen LogP contribution is -2.48. The van der Waals surface area contributed by atoms with E-state index in [1.165, 1.54) is 0 Å². The second kappa shape index (κ2) is 5.03. The summed E-state index contributed by atoms with van der Waals surface area (Å²) in [5, 5.41) is 13.6. The molecule has 1 aliphatic rings. The average molecular weight is 260 g/mol. The molecule has 5 nitrogen and oxygen atoms in total. The number of para-hydroxylation sites is 1. The van der Waals surface area contributed by atoms with Crippen molar-refractivity contribution in [3.8, 4) is 0 Å². The normalized spacial score (nSPS) is 23.4. The van der Waals surface area contributed by atoms with E-state index in [1.54, 1.807) is 0 Å². The highest BCUT2D eigenvalue weighted by molar-refractivity contribution is 5.98. The monoisotopic (exact) mass is 260 g/mol. The Kier molecular flexibility index (Phi) is 3.23. The number of H-pyrrole nitrogens is 1. The van der Waals surface area contributed by atoms with Gasteiger partial charge in [0.15, 0.2) is 0 Å². The van der Waals surface area contributed by atoms with Crippen LogP contribution in [0.3, 0.4) is 0 Å². The Hall–Kier alpha value is -1.85. The molecule has 0 spiro atoms. The van der Waals surface area contributed by atoms with Crippen LogP contribution in [-0.2, 0) is 4.74 Å². The molecular formula is C14H16N2O3. The fourth-order valence-corrected chi connectivity index (χ4v) is 2.33. The molecule has 3 N–H and O–H groups in total. The minimum Gasteiger partial charge on any atom is -0.389 e. The van der Waals surface area contributed by atoms with Gasteiger partial charge in [0.25, 0.3) is 5.91 Å². The zero-order chi connectivity index (χ0) is 13.2. The van der Waals surface area contributed by atoms with Crippen molar-refractivity contribution in [1.29, 1.82) is 0 Å². The van der Waals surface area contributed by atoms with Crippen LogP contribution in [0.25, 0.3) is 10.9 Å². The molecule has 0 unspecified atom stereocenters. The number of hydrogen-bond donors (Lipinski definition) is 3. The number of aliphatic hydroxyl groups excluding tert-OH is 1. The van der Waals surface area contributed by atoms with Crippen molar-refractivity contribution in [2.45, 2.75) is 18.6 Å². The molecule has 1 aliphatic heterocycles. The molecule has 1 aromatic heterocycles. The second-order valence-electron chi connectivity index (χ2n) is 4.78. The first-order valence-electron chi connectivity index (χ1n) is 6.38. The Balaban J connectivity index is 1.76. The van der Waals surface area contributed by atoms with Gasteiger partial charge in [0.1, 0.15) is 5.69 Å². The number of carbonyl (C=O) groups is 1. The Morgan fingerprint density at radius 3 is 3.05 bits per heavy atom. The van der Waals surface area contributed by atoms with Gasteiger partial charge in [-0.25, -0.2) is 0 Å². The summed E-state index contributed by atoms with van der Waals surface area (Å²) in [5.74, 6) is -0.192. The van der Waals surface area contributed by atoms with E-state index in [0.717, 1.165) is 10.9 Å². The standard InChI is InChI=1S/C14H16N2O3/c17-13-8-19-6-5-11(13)16-14(18)12-7-9-3-1-2-4-10(9)15-12/h1-4,7,11,13,15,17H,5-6,8H2,(H,16,18)/t11-,13-/m1/s1. The molecule has 1 saturated heterocycles. The van der Waals surface area contributed by atoms with Gasteiger partial charge in [0.2, 0.25) is 0 Å². The summed E-state index contributed by atoms with van der Waals surface area (Å²) in [6.07, 6.45) is -0.00489. The number of rotatable bonds is 2. The number of benzene rings is 1. The molecule has 2 atom stereocenters. The number of fused-ring (bicyclic) bond motifs is 1. The molecular weight excluding hydrogens is 244 g/mol. The number of hydrogen-bond acceptors (Lipinski definition) is 3. The Morgan fingerprint density at radius 1 is 1.42 bits per heavy atom. The maximum Gasteiger partial charge on any atom is 0.268 e. The van der Waals surface area contributed by atoms with Crippen molar-refractivity contribution >= 4 is 16.8 Å². The highest BCUT2D eigenvalue weighted by Crippen LogP contribution is 2.15. The molecule has 5 heteroatoms. The molecule has 100 valence electrons. The Morgan fingerprint density at radius 2 is 2.26 bits per heavy atom. The number of carbonyl (C=O) groups excluding carboxylic acids is 1. The van der Waals surface area contributed by atoms with Gasteiger partial charge in [-0.05, 0) is 18.6 Å². The summed E-state index contributed by atoms with van der Waals surface area (Å²) in [6.45, 7) is 0.840. The van der Waals surface area contributed by atoms with Crippen molar-refractivity contribution in [3.63, 3.8) is 0 Å². The van der Waals surface area contributed by atoms with Gasteiger partial charge in [0, 0.05) is 17.5 Å². The Labute approximate surface area is 110 Å². The van der Waals surface area contributed by atoms with Crippen LogP contribution in [0.15, 0.2) is 30.3 Å². The average Bonchev–Trinajstić information content (AvgIpc) is 2.85. The molecule has 0 aliphatic carbocycles. The molecule has 2 aromatic rings. The molecule has 2 heterocycles. The third-order valence-electron chi connectivity index (χ3n) is 3.42. The predicted molar refractivity (Wildman–Crippen MR) is 71.0 cm³/mol. The van der Waals surface area contributed by atoms with E-state index in [0.29, 0.717) is 18.7 Å². The summed E-state index contributed by atoms with van der Waals surface area (Å²) in [4.78, 5) is 15.2. The fraction of sp³-hybridized carbons (Fsp3) is 0.357. The van der Waals surface area contributed by atoms with Crippen molar-refractivity contribution in [2.24, 2.45) is 0 Å². The SMILES string of the molecule is O=C(N[C@@H]1CCOC[C@H]1O)c1cc2ccccc2[nH]1. The lowest BCUT2D eigenvalue weighted by molar-refractivity contribution is -0.0261. The number of amides is 1. The van der Waals surface area contributed by atoms with E-state index in [9.17, 15) is 9.90 Å². The first-order valence-corrected chi connectivity index (χ1v) is 6.38. The van der Waals surface area contributed by atoms with Crippen LogP contribution in [0.4, 0.5) is 0 Å². The van der Waals surface area contributed by atoms with Crippen LogP contribution in [0.1, 0.15) is 16.9 Å². The lowest BCUT2D eigenvalue weighted by Gasteiger charge is -2.28. The molecule has 1 amide bonds. The lowest BCUT2D eigenvalue weighted by atomic mass is 10.1. The van der Waals surface area contributed by atoms with Crippen molar-refractivity contribution in [2.75, 3.05) is 13.2 Å². The minimum absolute atomic E-state index is 0.192. The fourth-order valence-electron chi connectivity index (χ4n) is 2.33. The topological polar surface area (TPSA) is 74.3 Å². The molecule has 19 heavy (non-hydrogen) atoms. The van der Waals surface area contributed by atoms with E-state index < -0.39 is 6.10 Å². The van der Waals surface area contributed by atoms with Gasteiger partial charge in [-0.3, -0.25) is 4.79 Å². The molecule has 0 radical (unpaired) electrons. The molecule has 1 fully saturated rings. The summed E-state index contributed by atoms with van der Waals surface area (Å²) >= 11 is 0. The van der Waals surface area contributed by atoms with E-state index in [-0.39, 0.29) is 18.6 Å². The van der Waals surface area contributed by atoms with Gasteiger partial charge in [-0.15, -0.1) is 0 Å². The van der Waals surface area contributed by atoms with Gasteiger partial charge in [-0.2, -0.15) is 0 Å². The number of aliphatic hydroxyl groups is 1. The molecule has 3 rings (SSSR count). The van der Waals surface area contributed by atoms with E-state index in [2.05, 4.69) is 10.3 Å². The summed E-state index contributed by atoms with van der Waals surface area (Å²) < 4.78 is 5.14. The van der Waals surface area contributed by atoms with E-state index in [4.69, 9.17) is 4.74 Å². The van der Waals surface area contributed by atoms with Gasteiger partial charge < -0.3 is 20.1 Å². The number of nitrogens with one attached hydrogen (secondary N) is 2. The largest absolute Gasteiger partial charge is 0.389 e. The van der Waals surface area contributed by atoms with Gasteiger partial charge in [0.05, 0.1) is 18.8 Å². The third-order valence-corrected chi connectivity index (χ3v) is 3.42. The van der Waals surface area contributed by atoms with E-state index >= 15 is 0 Å². The quantitative estimate of drug-likeness (QED) is 0.755. The number of aromatic nitrogens is 1. The molecule has 1 aromatic carbocycles. The maximum atomic E-state index is 12.1.